The molecular formula is C12H13N3O8. The van der Waals surface area contributed by atoms with Gasteiger partial charge in [0.25, 0.3) is 0 Å². The van der Waals surface area contributed by atoms with Crippen molar-refractivity contribution in [2.75, 3.05) is 5.32 Å². The Hall–Kier alpha value is -3.21. The highest BCUT2D eigenvalue weighted by molar-refractivity contribution is 5.91. The maximum absolute atomic E-state index is 11.6. The van der Waals surface area contributed by atoms with Crippen LogP contribution in [0.1, 0.15) is 12.8 Å². The second-order valence-electron chi connectivity index (χ2n) is 4.34. The van der Waals surface area contributed by atoms with Crippen LogP contribution in [0.5, 0.6) is 5.75 Å². The van der Waals surface area contributed by atoms with Gasteiger partial charge in [0.05, 0.1) is 4.92 Å². The third-order valence-electron chi connectivity index (χ3n) is 2.64. The van der Waals surface area contributed by atoms with Crippen LogP contribution >= 0.6 is 0 Å². The fourth-order valence-electron chi connectivity index (χ4n) is 1.55. The molecule has 1 atom stereocenters. The lowest BCUT2D eigenvalue weighted by atomic mass is 10.1. The maximum atomic E-state index is 11.6. The quantitative estimate of drug-likeness (QED) is 0.243. The summed E-state index contributed by atoms with van der Waals surface area (Å²) in [6.07, 6.45) is -2.05. The van der Waals surface area contributed by atoms with E-state index in [1.54, 1.807) is 0 Å². The summed E-state index contributed by atoms with van der Waals surface area (Å²) in [5.74, 6) is -2.38. The number of hydrogen-bond acceptors (Lipinski definition) is 7. The zero-order chi connectivity index (χ0) is 17.6. The van der Waals surface area contributed by atoms with Crippen molar-refractivity contribution < 1.29 is 34.3 Å². The first-order valence-electron chi connectivity index (χ1n) is 6.18. The molecule has 23 heavy (non-hydrogen) atoms. The summed E-state index contributed by atoms with van der Waals surface area (Å²) < 4.78 is 4.28. The number of amides is 1. The number of carbonyl (C=O) groups excluding carboxylic acids is 1. The first-order valence-corrected chi connectivity index (χ1v) is 6.18. The third kappa shape index (κ3) is 5.59. The summed E-state index contributed by atoms with van der Waals surface area (Å²) in [5, 5.41) is 30.2. The average molecular weight is 327 g/mol. The van der Waals surface area contributed by atoms with E-state index in [2.05, 4.69) is 10.1 Å². The molecule has 0 saturated heterocycles. The van der Waals surface area contributed by atoms with Crippen LogP contribution in [-0.4, -0.2) is 39.2 Å². The minimum absolute atomic E-state index is 0.0562. The first kappa shape index (κ1) is 17.8. The molecule has 0 radical (unpaired) electrons. The summed E-state index contributed by atoms with van der Waals surface area (Å²) in [4.78, 5) is 42.6. The molecule has 11 heteroatoms. The van der Waals surface area contributed by atoms with Crippen LogP contribution in [-0.2, 0) is 9.59 Å². The number of anilines is 1. The fourth-order valence-corrected chi connectivity index (χ4v) is 1.55. The van der Waals surface area contributed by atoms with Crippen molar-refractivity contribution in [2.45, 2.75) is 18.9 Å². The van der Waals surface area contributed by atoms with Gasteiger partial charge in [-0.05, 0) is 12.5 Å². The van der Waals surface area contributed by atoms with E-state index in [9.17, 15) is 24.5 Å². The molecule has 0 aliphatic heterocycles. The van der Waals surface area contributed by atoms with Crippen LogP contribution < -0.4 is 15.8 Å². The number of ether oxygens (including phenoxy) is 1. The highest BCUT2D eigenvalue weighted by atomic mass is 16.7. The Morgan fingerprint density at radius 3 is 2.52 bits per heavy atom. The van der Waals surface area contributed by atoms with Gasteiger partial charge in [0.2, 0.25) is 11.7 Å². The molecule has 0 heterocycles. The van der Waals surface area contributed by atoms with Crippen LogP contribution in [0.4, 0.5) is 16.2 Å². The van der Waals surface area contributed by atoms with Gasteiger partial charge in [-0.3, -0.25) is 19.7 Å². The SMILES string of the molecule is N[C@@H](CCC(=O)Nc1ccc([N+](=O)[O-])c(OC(=O)O)c1)C(=O)O. The molecule has 1 aromatic rings. The Morgan fingerprint density at radius 2 is 2.00 bits per heavy atom. The monoisotopic (exact) mass is 327 g/mol. The number of hydrogen-bond donors (Lipinski definition) is 4. The number of nitro benzene ring substituents is 1. The van der Waals surface area contributed by atoms with Crippen molar-refractivity contribution >= 4 is 29.4 Å². The number of carboxylic acids is 1. The summed E-state index contributed by atoms with van der Waals surface area (Å²) in [7, 11) is 0. The zero-order valence-electron chi connectivity index (χ0n) is 11.6. The molecule has 1 amide bonds. The second-order valence-corrected chi connectivity index (χ2v) is 4.34. The van der Waals surface area contributed by atoms with Crippen molar-refractivity contribution in [3.05, 3.63) is 28.3 Å². The number of benzene rings is 1. The van der Waals surface area contributed by atoms with Crippen LogP contribution in [0.25, 0.3) is 0 Å². The molecule has 0 aliphatic rings. The van der Waals surface area contributed by atoms with Crippen molar-refractivity contribution in [1.29, 1.82) is 0 Å². The van der Waals surface area contributed by atoms with E-state index in [0.717, 1.165) is 12.1 Å². The van der Waals surface area contributed by atoms with E-state index in [0.29, 0.717) is 0 Å². The highest BCUT2D eigenvalue weighted by Crippen LogP contribution is 2.30. The van der Waals surface area contributed by atoms with Gasteiger partial charge in [-0.2, -0.15) is 0 Å². The number of nitrogens with one attached hydrogen (secondary N) is 1. The van der Waals surface area contributed by atoms with Gasteiger partial charge in [0.1, 0.15) is 6.04 Å². The number of rotatable bonds is 7. The summed E-state index contributed by atoms with van der Waals surface area (Å²) in [5.41, 5.74) is 4.72. The zero-order valence-corrected chi connectivity index (χ0v) is 11.6. The van der Waals surface area contributed by atoms with Crippen molar-refractivity contribution in [3.8, 4) is 5.75 Å². The molecule has 0 bridgehead atoms. The van der Waals surface area contributed by atoms with E-state index in [-0.39, 0.29) is 18.5 Å². The number of nitrogens with zero attached hydrogens (tertiary/aromatic N) is 1. The molecule has 0 spiro atoms. The van der Waals surface area contributed by atoms with E-state index in [1.807, 2.05) is 0 Å². The second kappa shape index (κ2) is 7.70. The van der Waals surface area contributed by atoms with Crippen molar-refractivity contribution in [3.63, 3.8) is 0 Å². The van der Waals surface area contributed by atoms with Crippen molar-refractivity contribution in [2.24, 2.45) is 5.73 Å². The molecular weight excluding hydrogens is 314 g/mol. The number of nitro groups is 1. The predicted molar refractivity (Wildman–Crippen MR) is 75.2 cm³/mol. The molecule has 11 nitrogen and oxygen atoms in total. The maximum Gasteiger partial charge on any atom is 0.511 e. The predicted octanol–water partition coefficient (Wildman–Crippen LogP) is 0.782. The minimum atomic E-state index is -1.75. The van der Waals surface area contributed by atoms with Gasteiger partial charge < -0.3 is 26.0 Å². The normalized spacial score (nSPS) is 11.3. The fraction of sp³-hybridized carbons (Fsp3) is 0.250. The minimum Gasteiger partial charge on any atom is -0.480 e. The molecule has 124 valence electrons. The van der Waals surface area contributed by atoms with Gasteiger partial charge in [-0.25, -0.2) is 4.79 Å². The topological polar surface area (TPSA) is 182 Å². The van der Waals surface area contributed by atoms with E-state index in [1.165, 1.54) is 6.07 Å². The van der Waals surface area contributed by atoms with Crippen LogP contribution in [0.2, 0.25) is 0 Å². The Morgan fingerprint density at radius 1 is 1.35 bits per heavy atom. The Labute approximate surface area is 128 Å². The standard InChI is InChI=1S/C12H13N3O8/c13-7(11(17)18)2-4-10(16)14-6-1-3-8(15(21)22)9(5-6)23-12(19)20/h1,3,5,7H,2,4,13H2,(H,14,16)(H,17,18)(H,19,20)/t7-/m0/s1. The summed E-state index contributed by atoms with van der Waals surface area (Å²) >= 11 is 0. The third-order valence-corrected chi connectivity index (χ3v) is 2.64. The Kier molecular flexibility index (Phi) is 5.97. The van der Waals surface area contributed by atoms with Gasteiger partial charge in [-0.15, -0.1) is 0 Å². The lowest BCUT2D eigenvalue weighted by Crippen LogP contribution is -2.31. The molecule has 5 N–H and O–H groups in total. The number of nitrogens with two attached hydrogens (primary N) is 1. The van der Waals surface area contributed by atoms with Crippen LogP contribution in [0.3, 0.4) is 0 Å². The van der Waals surface area contributed by atoms with E-state index < -0.39 is 40.4 Å². The highest BCUT2D eigenvalue weighted by Gasteiger charge is 2.19. The van der Waals surface area contributed by atoms with Crippen LogP contribution in [0, 0.1) is 10.1 Å². The first-order chi connectivity index (χ1) is 10.7. The van der Waals surface area contributed by atoms with Gasteiger partial charge in [0.15, 0.2) is 0 Å². The number of aliphatic carboxylic acids is 1. The van der Waals surface area contributed by atoms with Crippen molar-refractivity contribution in [1.82, 2.24) is 0 Å². The molecule has 0 aliphatic carbocycles. The van der Waals surface area contributed by atoms with Gasteiger partial charge >= 0.3 is 17.8 Å². The van der Waals surface area contributed by atoms with Gasteiger partial charge in [-0.1, -0.05) is 0 Å². The molecule has 0 unspecified atom stereocenters. The van der Waals surface area contributed by atoms with E-state index >= 15 is 0 Å². The molecule has 0 aromatic heterocycles. The Bertz CT molecular complexity index is 645. The van der Waals surface area contributed by atoms with E-state index in [4.69, 9.17) is 15.9 Å². The lowest BCUT2D eigenvalue weighted by Gasteiger charge is -2.09. The lowest BCUT2D eigenvalue weighted by molar-refractivity contribution is -0.385. The average Bonchev–Trinajstić information content (AvgIpc) is 2.43. The summed E-state index contributed by atoms with van der Waals surface area (Å²) in [6.45, 7) is 0. The molecule has 1 rings (SSSR count). The van der Waals surface area contributed by atoms with Gasteiger partial charge in [0, 0.05) is 24.2 Å². The molecule has 1 aromatic carbocycles. The Balaban J connectivity index is 2.80. The summed E-state index contributed by atoms with van der Waals surface area (Å²) in [6, 6.07) is 1.93. The molecule has 0 saturated carbocycles. The smallest absolute Gasteiger partial charge is 0.480 e. The molecule has 0 fully saturated rings. The largest absolute Gasteiger partial charge is 0.511 e. The number of carbonyl (C=O) groups is 3. The number of carboxylic acid groups (broad SMARTS) is 2. The van der Waals surface area contributed by atoms with Crippen LogP contribution in [0.15, 0.2) is 18.2 Å².